The average molecular weight is 280 g/mol. The Morgan fingerprint density at radius 1 is 1.50 bits per heavy atom. The van der Waals surface area contributed by atoms with Crippen LogP contribution in [0.5, 0.6) is 0 Å². The van der Waals surface area contributed by atoms with Crippen LogP contribution in [0.4, 0.5) is 4.79 Å². The number of hydrogen-bond acceptors (Lipinski definition) is 3. The quantitative estimate of drug-likeness (QED) is 0.883. The van der Waals surface area contributed by atoms with Gasteiger partial charge in [-0.05, 0) is 40.2 Å². The molecular weight excluding hydrogens is 256 g/mol. The summed E-state index contributed by atoms with van der Waals surface area (Å²) in [6.07, 6.45) is 2.52. The summed E-state index contributed by atoms with van der Waals surface area (Å²) in [6.45, 7) is 8.56. The van der Waals surface area contributed by atoms with Crippen molar-refractivity contribution in [3.63, 3.8) is 0 Å². The van der Waals surface area contributed by atoms with E-state index in [1.165, 1.54) is 0 Å². The summed E-state index contributed by atoms with van der Waals surface area (Å²) >= 11 is 0. The van der Waals surface area contributed by atoms with E-state index in [2.05, 4.69) is 15.7 Å². The van der Waals surface area contributed by atoms with E-state index in [0.29, 0.717) is 6.54 Å². The predicted molar refractivity (Wildman–Crippen MR) is 76.2 cm³/mol. The lowest BCUT2D eigenvalue weighted by molar-refractivity contribution is -0.0690. The highest BCUT2D eigenvalue weighted by Crippen LogP contribution is 2.37. The second-order valence-corrected chi connectivity index (χ2v) is 6.50. The molecule has 1 atom stereocenters. The number of amides is 2. The molecule has 2 heterocycles. The number of carbonyl (C=O) groups is 1. The van der Waals surface area contributed by atoms with Gasteiger partial charge in [-0.3, -0.25) is 4.68 Å². The largest absolute Gasteiger partial charge is 0.367 e. The Balaban J connectivity index is 1.87. The third-order valence-corrected chi connectivity index (χ3v) is 3.73. The van der Waals surface area contributed by atoms with E-state index < -0.39 is 0 Å². The smallest absolute Gasteiger partial charge is 0.315 e. The Labute approximate surface area is 119 Å². The van der Waals surface area contributed by atoms with Gasteiger partial charge in [0, 0.05) is 13.2 Å². The van der Waals surface area contributed by atoms with Crippen LogP contribution < -0.4 is 10.6 Å². The number of hydrogen-bond donors (Lipinski definition) is 2. The van der Waals surface area contributed by atoms with Crippen LogP contribution in [-0.4, -0.2) is 33.1 Å². The van der Waals surface area contributed by atoms with Gasteiger partial charge in [-0.15, -0.1) is 0 Å². The molecule has 2 rings (SSSR count). The van der Waals surface area contributed by atoms with Crippen molar-refractivity contribution < 1.29 is 9.53 Å². The molecule has 1 saturated heterocycles. The van der Waals surface area contributed by atoms with Crippen molar-refractivity contribution in [2.45, 2.75) is 57.9 Å². The number of rotatable bonds is 3. The average Bonchev–Trinajstić information content (AvgIpc) is 2.77. The summed E-state index contributed by atoms with van der Waals surface area (Å²) in [4.78, 5) is 12.0. The maximum absolute atomic E-state index is 12.0. The van der Waals surface area contributed by atoms with E-state index in [1.807, 2.05) is 40.8 Å². The zero-order valence-electron chi connectivity index (χ0n) is 12.9. The second kappa shape index (κ2) is 5.09. The second-order valence-electron chi connectivity index (χ2n) is 6.50. The van der Waals surface area contributed by atoms with Crippen LogP contribution in [0.2, 0.25) is 0 Å². The molecule has 0 saturated carbocycles. The van der Waals surface area contributed by atoms with Crippen LogP contribution in [0.3, 0.4) is 0 Å². The SMILES string of the molecule is Cn1nccc1CNC(=O)NC1CC(C)(C)OC1(C)C. The monoisotopic (exact) mass is 280 g/mol. The minimum Gasteiger partial charge on any atom is -0.367 e. The molecule has 0 aliphatic carbocycles. The minimum atomic E-state index is -0.354. The molecule has 0 bridgehead atoms. The van der Waals surface area contributed by atoms with Gasteiger partial charge in [0.2, 0.25) is 0 Å². The van der Waals surface area contributed by atoms with Crippen molar-refractivity contribution in [2.75, 3.05) is 0 Å². The molecular formula is C14H24N4O2. The van der Waals surface area contributed by atoms with E-state index in [1.54, 1.807) is 10.9 Å². The molecule has 20 heavy (non-hydrogen) atoms. The first kappa shape index (κ1) is 14.8. The molecule has 1 unspecified atom stereocenters. The Bertz CT molecular complexity index is 493. The molecule has 1 aliphatic heterocycles. The molecule has 1 aromatic rings. The summed E-state index contributed by atoms with van der Waals surface area (Å²) < 4.78 is 7.70. The van der Waals surface area contributed by atoms with Crippen LogP contribution in [-0.2, 0) is 18.3 Å². The first-order valence-corrected chi connectivity index (χ1v) is 6.91. The summed E-state index contributed by atoms with van der Waals surface area (Å²) in [5, 5.41) is 9.92. The molecule has 0 spiro atoms. The maximum Gasteiger partial charge on any atom is 0.315 e. The van der Waals surface area contributed by atoms with E-state index in [9.17, 15) is 4.79 Å². The highest BCUT2D eigenvalue weighted by Gasteiger charge is 2.46. The number of aromatic nitrogens is 2. The molecule has 1 fully saturated rings. The van der Waals surface area contributed by atoms with Gasteiger partial charge in [0.25, 0.3) is 0 Å². The van der Waals surface area contributed by atoms with Crippen molar-refractivity contribution in [1.29, 1.82) is 0 Å². The first-order valence-electron chi connectivity index (χ1n) is 6.91. The van der Waals surface area contributed by atoms with Gasteiger partial charge in [0.05, 0.1) is 29.5 Å². The van der Waals surface area contributed by atoms with E-state index >= 15 is 0 Å². The molecule has 1 aliphatic rings. The number of nitrogens with one attached hydrogen (secondary N) is 2. The van der Waals surface area contributed by atoms with Crippen LogP contribution in [0, 0.1) is 0 Å². The van der Waals surface area contributed by atoms with Gasteiger partial charge in [0.15, 0.2) is 0 Å². The molecule has 2 amide bonds. The maximum atomic E-state index is 12.0. The third kappa shape index (κ3) is 3.30. The van der Waals surface area contributed by atoms with Gasteiger partial charge in [-0.1, -0.05) is 0 Å². The predicted octanol–water partition coefficient (Wildman–Crippen LogP) is 1.57. The van der Waals surface area contributed by atoms with Crippen LogP contribution in [0.25, 0.3) is 0 Å². The Hall–Kier alpha value is -1.56. The molecule has 0 aromatic carbocycles. The van der Waals surface area contributed by atoms with Crippen molar-refractivity contribution in [3.05, 3.63) is 18.0 Å². The number of urea groups is 1. The molecule has 6 heteroatoms. The lowest BCUT2D eigenvalue weighted by Crippen LogP contribution is -2.49. The van der Waals surface area contributed by atoms with Crippen molar-refractivity contribution in [3.8, 4) is 0 Å². The summed E-state index contributed by atoms with van der Waals surface area (Å²) in [6, 6.07) is 1.71. The number of nitrogens with zero attached hydrogens (tertiary/aromatic N) is 2. The fourth-order valence-electron chi connectivity index (χ4n) is 2.74. The Morgan fingerprint density at radius 2 is 2.20 bits per heavy atom. The van der Waals surface area contributed by atoms with Crippen molar-refractivity contribution in [2.24, 2.45) is 7.05 Å². The van der Waals surface area contributed by atoms with Crippen LogP contribution >= 0.6 is 0 Å². The summed E-state index contributed by atoms with van der Waals surface area (Å²) in [5.41, 5.74) is 0.402. The fourth-order valence-corrected chi connectivity index (χ4v) is 2.74. The minimum absolute atomic E-state index is 0.00374. The van der Waals surface area contributed by atoms with Crippen LogP contribution in [0.15, 0.2) is 12.3 Å². The van der Waals surface area contributed by atoms with Gasteiger partial charge in [-0.2, -0.15) is 5.10 Å². The lowest BCUT2D eigenvalue weighted by atomic mass is 9.95. The Kier molecular flexibility index (Phi) is 3.77. The van der Waals surface area contributed by atoms with Gasteiger partial charge in [-0.25, -0.2) is 4.79 Å². The lowest BCUT2D eigenvalue weighted by Gasteiger charge is -2.27. The van der Waals surface area contributed by atoms with Gasteiger partial charge in [0.1, 0.15) is 0 Å². The third-order valence-electron chi connectivity index (χ3n) is 3.73. The zero-order chi connectivity index (χ0) is 15.0. The number of aryl methyl sites for hydroxylation is 1. The molecule has 0 radical (unpaired) electrons. The highest BCUT2D eigenvalue weighted by molar-refractivity contribution is 5.74. The zero-order valence-corrected chi connectivity index (χ0v) is 12.9. The standard InChI is InChI=1S/C14H24N4O2/c1-13(2)8-11(14(3,4)20-13)17-12(19)15-9-10-6-7-16-18(10)5/h6-7,11H,8-9H2,1-5H3,(H2,15,17,19). The fraction of sp³-hybridized carbons (Fsp3) is 0.714. The topological polar surface area (TPSA) is 68.2 Å². The first-order chi connectivity index (χ1) is 9.20. The molecule has 112 valence electrons. The normalized spacial score (nSPS) is 23.6. The van der Waals surface area contributed by atoms with Crippen molar-refractivity contribution >= 4 is 6.03 Å². The number of carbonyl (C=O) groups excluding carboxylic acids is 1. The van der Waals surface area contributed by atoms with Crippen LogP contribution in [0.1, 0.15) is 39.8 Å². The molecule has 6 nitrogen and oxygen atoms in total. The summed E-state index contributed by atoms with van der Waals surface area (Å²) in [7, 11) is 1.85. The van der Waals surface area contributed by atoms with Gasteiger partial charge < -0.3 is 15.4 Å². The van der Waals surface area contributed by atoms with E-state index in [0.717, 1.165) is 12.1 Å². The van der Waals surface area contributed by atoms with E-state index in [-0.39, 0.29) is 23.3 Å². The van der Waals surface area contributed by atoms with E-state index in [4.69, 9.17) is 4.74 Å². The van der Waals surface area contributed by atoms with Gasteiger partial charge >= 0.3 is 6.03 Å². The molecule has 2 N–H and O–H groups in total. The highest BCUT2D eigenvalue weighted by atomic mass is 16.5. The molecule has 1 aromatic heterocycles. The van der Waals surface area contributed by atoms with Crippen molar-refractivity contribution in [1.82, 2.24) is 20.4 Å². The Morgan fingerprint density at radius 3 is 2.70 bits per heavy atom. The summed E-state index contributed by atoms with van der Waals surface area (Å²) in [5.74, 6) is 0. The number of ether oxygens (including phenoxy) is 1.